The van der Waals surface area contributed by atoms with Crippen molar-refractivity contribution in [2.45, 2.75) is 0 Å². The van der Waals surface area contributed by atoms with Crippen molar-refractivity contribution in [1.82, 2.24) is 0 Å². The molecule has 6 heteroatoms. The molecule has 20 heavy (non-hydrogen) atoms. The fourth-order valence-corrected chi connectivity index (χ4v) is 1.85. The van der Waals surface area contributed by atoms with Crippen LogP contribution in [0.5, 0.6) is 0 Å². The van der Waals surface area contributed by atoms with Crippen LogP contribution in [0.3, 0.4) is 0 Å². The van der Waals surface area contributed by atoms with Gasteiger partial charge in [-0.1, -0.05) is 0 Å². The molecule has 2 aromatic carbocycles. The first-order valence-corrected chi connectivity index (χ1v) is 6.53. The predicted octanol–water partition coefficient (Wildman–Crippen LogP) is 2.38. The van der Waals surface area contributed by atoms with Gasteiger partial charge in [-0.2, -0.15) is 0 Å². The summed E-state index contributed by atoms with van der Waals surface area (Å²) in [5.41, 5.74) is 12.8. The van der Waals surface area contributed by atoms with Gasteiger partial charge in [0.15, 0.2) is 0 Å². The number of primary amides is 1. The summed E-state index contributed by atoms with van der Waals surface area (Å²) in [6, 6.07) is 11.3. The maximum atomic E-state index is 12.0. The number of rotatable bonds is 3. The first-order valence-electron chi connectivity index (χ1n) is 5.73. The molecule has 0 aliphatic carbocycles. The Hall–Kier alpha value is -2.34. The Morgan fingerprint density at radius 1 is 1.00 bits per heavy atom. The van der Waals surface area contributed by atoms with E-state index >= 15 is 0 Å². The maximum Gasteiger partial charge on any atom is 0.255 e. The van der Waals surface area contributed by atoms with Crippen LogP contribution in [0.4, 0.5) is 11.4 Å². The van der Waals surface area contributed by atoms with Gasteiger partial charge in [0.2, 0.25) is 5.91 Å². The van der Waals surface area contributed by atoms with E-state index in [1.165, 1.54) is 0 Å². The quantitative estimate of drug-likeness (QED) is 0.752. The first kappa shape index (κ1) is 14.1. The largest absolute Gasteiger partial charge is 0.398 e. The van der Waals surface area contributed by atoms with Gasteiger partial charge >= 0.3 is 0 Å². The molecule has 0 saturated heterocycles. The van der Waals surface area contributed by atoms with Crippen molar-refractivity contribution in [3.05, 3.63) is 58.1 Å². The highest BCUT2D eigenvalue weighted by Crippen LogP contribution is 2.21. The third-order valence-corrected chi connectivity index (χ3v) is 3.41. The highest BCUT2D eigenvalue weighted by molar-refractivity contribution is 9.10. The zero-order valence-electron chi connectivity index (χ0n) is 10.4. The van der Waals surface area contributed by atoms with Crippen molar-refractivity contribution in [2.24, 2.45) is 5.73 Å². The van der Waals surface area contributed by atoms with Gasteiger partial charge in [0.1, 0.15) is 0 Å². The van der Waals surface area contributed by atoms with Gasteiger partial charge < -0.3 is 16.8 Å². The first-order chi connectivity index (χ1) is 9.47. The van der Waals surface area contributed by atoms with Crippen LogP contribution in [0.2, 0.25) is 0 Å². The number of nitrogen functional groups attached to an aromatic ring is 1. The molecule has 0 unspecified atom stereocenters. The average molecular weight is 334 g/mol. The molecule has 0 radical (unpaired) electrons. The minimum Gasteiger partial charge on any atom is -0.398 e. The maximum absolute atomic E-state index is 12.0. The minimum absolute atomic E-state index is 0.281. The van der Waals surface area contributed by atoms with E-state index in [0.717, 1.165) is 4.47 Å². The Morgan fingerprint density at radius 3 is 2.15 bits per heavy atom. The second kappa shape index (κ2) is 5.75. The molecule has 0 bridgehead atoms. The summed E-state index contributed by atoms with van der Waals surface area (Å²) in [5.74, 6) is -0.792. The lowest BCUT2D eigenvalue weighted by Crippen LogP contribution is -2.13. The molecule has 2 aromatic rings. The molecular formula is C14H12BrN3O2. The Bertz CT molecular complexity index is 669. The Morgan fingerprint density at radius 2 is 1.60 bits per heavy atom. The second-order valence-corrected chi connectivity index (χ2v) is 4.99. The lowest BCUT2D eigenvalue weighted by molar-refractivity contribution is 0.0998. The molecule has 0 aliphatic rings. The third-order valence-electron chi connectivity index (χ3n) is 2.69. The van der Waals surface area contributed by atoms with Crippen LogP contribution in [0.25, 0.3) is 0 Å². The van der Waals surface area contributed by atoms with Crippen LogP contribution in [-0.2, 0) is 0 Å². The zero-order chi connectivity index (χ0) is 14.7. The number of nitrogens with one attached hydrogen (secondary N) is 1. The van der Waals surface area contributed by atoms with Crippen LogP contribution in [0, 0.1) is 0 Å². The zero-order valence-corrected chi connectivity index (χ0v) is 12.0. The Labute approximate surface area is 124 Å². The van der Waals surface area contributed by atoms with E-state index in [1.54, 1.807) is 42.5 Å². The number of anilines is 2. The van der Waals surface area contributed by atoms with Crippen molar-refractivity contribution >= 4 is 39.1 Å². The molecule has 0 heterocycles. The fourth-order valence-electron chi connectivity index (χ4n) is 1.61. The highest BCUT2D eigenvalue weighted by atomic mass is 79.9. The number of halogens is 1. The van der Waals surface area contributed by atoms with E-state index in [0.29, 0.717) is 22.5 Å². The van der Waals surface area contributed by atoms with Gasteiger partial charge in [-0.25, -0.2) is 0 Å². The van der Waals surface area contributed by atoms with Crippen LogP contribution < -0.4 is 16.8 Å². The fraction of sp³-hybridized carbons (Fsp3) is 0. The predicted molar refractivity (Wildman–Crippen MR) is 81.5 cm³/mol. The molecule has 2 rings (SSSR count). The monoisotopic (exact) mass is 333 g/mol. The molecular weight excluding hydrogens is 322 g/mol. The van der Waals surface area contributed by atoms with Gasteiger partial charge in [0, 0.05) is 27.0 Å². The third kappa shape index (κ3) is 3.16. The molecule has 0 fully saturated rings. The lowest BCUT2D eigenvalue weighted by Gasteiger charge is -2.07. The molecule has 2 amide bonds. The second-order valence-electron chi connectivity index (χ2n) is 4.13. The molecule has 0 atom stereocenters. The van der Waals surface area contributed by atoms with Crippen molar-refractivity contribution < 1.29 is 9.59 Å². The standard InChI is InChI=1S/C14H12BrN3O2/c15-11-6-3-9(7-12(11)16)14(20)18-10-4-1-8(2-5-10)13(17)19/h1-7H,16H2,(H2,17,19)(H,18,20). The van der Waals surface area contributed by atoms with Crippen molar-refractivity contribution in [3.63, 3.8) is 0 Å². The number of amides is 2. The Kier molecular flexibility index (Phi) is 4.05. The Balaban J connectivity index is 2.14. The van der Waals surface area contributed by atoms with E-state index < -0.39 is 5.91 Å². The van der Waals surface area contributed by atoms with Crippen molar-refractivity contribution in [1.29, 1.82) is 0 Å². The SMILES string of the molecule is NC(=O)c1ccc(NC(=O)c2ccc(Br)c(N)c2)cc1. The topological polar surface area (TPSA) is 98.2 Å². The van der Waals surface area contributed by atoms with E-state index in [4.69, 9.17) is 11.5 Å². The molecule has 0 aliphatic heterocycles. The van der Waals surface area contributed by atoms with Gasteiger partial charge in [-0.15, -0.1) is 0 Å². The number of carbonyl (C=O) groups excluding carboxylic acids is 2. The number of hydrogen-bond acceptors (Lipinski definition) is 3. The smallest absolute Gasteiger partial charge is 0.255 e. The van der Waals surface area contributed by atoms with E-state index in [1.807, 2.05) is 0 Å². The summed E-state index contributed by atoms with van der Waals surface area (Å²) >= 11 is 3.27. The van der Waals surface area contributed by atoms with Gasteiger partial charge in [-0.05, 0) is 58.4 Å². The number of benzene rings is 2. The van der Waals surface area contributed by atoms with Crippen LogP contribution in [-0.4, -0.2) is 11.8 Å². The van der Waals surface area contributed by atoms with Gasteiger partial charge in [-0.3, -0.25) is 9.59 Å². The summed E-state index contributed by atoms with van der Waals surface area (Å²) in [5, 5.41) is 2.71. The molecule has 102 valence electrons. The molecule has 0 saturated carbocycles. The van der Waals surface area contributed by atoms with E-state index in [9.17, 15) is 9.59 Å². The average Bonchev–Trinajstić information content (AvgIpc) is 2.42. The molecule has 5 nitrogen and oxygen atoms in total. The summed E-state index contributed by atoms with van der Waals surface area (Å²) < 4.78 is 0.736. The summed E-state index contributed by atoms with van der Waals surface area (Å²) in [6.07, 6.45) is 0. The van der Waals surface area contributed by atoms with Crippen LogP contribution >= 0.6 is 15.9 Å². The summed E-state index contributed by atoms with van der Waals surface area (Å²) in [6.45, 7) is 0. The van der Waals surface area contributed by atoms with Crippen molar-refractivity contribution in [3.8, 4) is 0 Å². The van der Waals surface area contributed by atoms with Gasteiger partial charge in [0.05, 0.1) is 0 Å². The molecule has 5 N–H and O–H groups in total. The van der Waals surface area contributed by atoms with Crippen LogP contribution in [0.1, 0.15) is 20.7 Å². The number of nitrogens with two attached hydrogens (primary N) is 2. The van der Waals surface area contributed by atoms with E-state index in [-0.39, 0.29) is 5.91 Å². The minimum atomic E-state index is -0.511. The van der Waals surface area contributed by atoms with Gasteiger partial charge in [0.25, 0.3) is 5.91 Å². The summed E-state index contributed by atoms with van der Waals surface area (Å²) in [4.78, 5) is 23.0. The van der Waals surface area contributed by atoms with E-state index in [2.05, 4.69) is 21.2 Å². The highest BCUT2D eigenvalue weighted by Gasteiger charge is 2.08. The molecule has 0 spiro atoms. The number of hydrogen-bond donors (Lipinski definition) is 3. The lowest BCUT2D eigenvalue weighted by atomic mass is 10.1. The normalized spacial score (nSPS) is 10.1. The van der Waals surface area contributed by atoms with Crippen LogP contribution in [0.15, 0.2) is 46.9 Å². The van der Waals surface area contributed by atoms with Crippen molar-refractivity contribution in [2.75, 3.05) is 11.1 Å². The summed E-state index contributed by atoms with van der Waals surface area (Å²) in [7, 11) is 0. The number of carbonyl (C=O) groups is 2. The molecule has 0 aromatic heterocycles.